The summed E-state index contributed by atoms with van der Waals surface area (Å²) in [5, 5.41) is 2.97. The van der Waals surface area contributed by atoms with Gasteiger partial charge < -0.3 is 14.8 Å². The van der Waals surface area contributed by atoms with Crippen LogP contribution < -0.4 is 19.7 Å². The zero-order chi connectivity index (χ0) is 27.9. The first-order valence-corrected chi connectivity index (χ1v) is 13.5. The van der Waals surface area contributed by atoms with Crippen LogP contribution in [0.3, 0.4) is 0 Å². The van der Waals surface area contributed by atoms with E-state index < -0.39 is 0 Å². The molecule has 0 unspecified atom stereocenters. The van der Waals surface area contributed by atoms with Crippen molar-refractivity contribution in [3.05, 3.63) is 131 Å². The van der Waals surface area contributed by atoms with Crippen LogP contribution in [-0.2, 0) is 17.8 Å². The van der Waals surface area contributed by atoms with Crippen molar-refractivity contribution < 1.29 is 19.1 Å². The van der Waals surface area contributed by atoms with E-state index in [0.717, 1.165) is 40.1 Å². The number of hydrogen-bond acceptors (Lipinski definition) is 4. The molecule has 0 saturated carbocycles. The Balaban J connectivity index is 1.25. The lowest BCUT2D eigenvalue weighted by Crippen LogP contribution is -2.36. The largest absolute Gasteiger partial charge is 0.494 e. The predicted octanol–water partition coefficient (Wildman–Crippen LogP) is 6.33. The summed E-state index contributed by atoms with van der Waals surface area (Å²) in [6.07, 6.45) is 2.44. The van der Waals surface area contributed by atoms with Crippen molar-refractivity contribution in [1.82, 2.24) is 5.32 Å². The summed E-state index contributed by atoms with van der Waals surface area (Å²) >= 11 is 0. The molecule has 0 aromatic heterocycles. The molecule has 4 aromatic rings. The molecule has 202 valence electrons. The number of nitrogens with zero attached hydrogens (tertiary/aromatic N) is 1. The molecule has 2 amide bonds. The number of ether oxygens (including phenoxy) is 2. The van der Waals surface area contributed by atoms with E-state index in [1.54, 1.807) is 23.1 Å². The normalized spacial score (nSPS) is 13.5. The lowest BCUT2D eigenvalue weighted by molar-refractivity contribution is -0.117. The maximum Gasteiger partial charge on any atom is 0.294 e. The van der Waals surface area contributed by atoms with E-state index in [1.807, 2.05) is 92.7 Å². The molecule has 1 heterocycles. The Morgan fingerprint density at radius 3 is 2.45 bits per heavy atom. The van der Waals surface area contributed by atoms with Gasteiger partial charge in [0.1, 0.15) is 5.75 Å². The highest BCUT2D eigenvalue weighted by molar-refractivity contribution is 6.09. The molecule has 0 radical (unpaired) electrons. The molecule has 1 N–H and O–H groups in total. The first kappa shape index (κ1) is 26.8. The monoisotopic (exact) mass is 532 g/mol. The maximum atomic E-state index is 13.5. The van der Waals surface area contributed by atoms with Crippen LogP contribution >= 0.6 is 0 Å². The van der Waals surface area contributed by atoms with Crippen molar-refractivity contribution in [3.8, 4) is 11.5 Å². The average Bonchev–Trinajstić information content (AvgIpc) is 2.97. The van der Waals surface area contributed by atoms with E-state index in [1.165, 1.54) is 0 Å². The van der Waals surface area contributed by atoms with E-state index in [2.05, 4.69) is 11.4 Å². The van der Waals surface area contributed by atoms with Crippen LogP contribution in [0, 0.1) is 6.92 Å². The zero-order valence-electron chi connectivity index (χ0n) is 22.7. The summed E-state index contributed by atoms with van der Waals surface area (Å²) in [4.78, 5) is 27.9. The summed E-state index contributed by atoms with van der Waals surface area (Å²) in [6.45, 7) is 5.59. The highest BCUT2D eigenvalue weighted by Crippen LogP contribution is 2.36. The molecular formula is C34H32N2O4. The van der Waals surface area contributed by atoms with Gasteiger partial charge in [-0.3, -0.25) is 14.5 Å². The third kappa shape index (κ3) is 6.41. The van der Waals surface area contributed by atoms with E-state index in [0.29, 0.717) is 31.0 Å². The molecule has 1 aliphatic rings. The Kier molecular flexibility index (Phi) is 8.26. The zero-order valence-corrected chi connectivity index (χ0v) is 22.7. The minimum Gasteiger partial charge on any atom is -0.494 e. The molecule has 0 saturated heterocycles. The molecule has 0 atom stereocenters. The Morgan fingerprint density at radius 2 is 1.70 bits per heavy atom. The molecule has 6 nitrogen and oxygen atoms in total. The van der Waals surface area contributed by atoms with Gasteiger partial charge >= 0.3 is 0 Å². The van der Waals surface area contributed by atoms with Crippen LogP contribution in [0.25, 0.3) is 6.08 Å². The molecule has 4 aromatic carbocycles. The molecular weight excluding hydrogens is 500 g/mol. The lowest BCUT2D eigenvalue weighted by Gasteiger charge is -2.30. The van der Waals surface area contributed by atoms with Crippen molar-refractivity contribution in [2.24, 2.45) is 0 Å². The number of para-hydroxylation sites is 2. The molecule has 0 fully saturated rings. The Labute approximate surface area is 234 Å². The molecule has 40 heavy (non-hydrogen) atoms. The summed E-state index contributed by atoms with van der Waals surface area (Å²) in [6, 6.07) is 30.7. The minimum absolute atomic E-state index is 0.145. The number of aryl methyl sites for hydroxylation is 1. The Bertz CT molecular complexity index is 1520. The number of benzene rings is 4. The topological polar surface area (TPSA) is 67.9 Å². The number of carbonyl (C=O) groups excluding carboxylic acids is 2. The minimum atomic E-state index is -0.212. The van der Waals surface area contributed by atoms with Crippen LogP contribution in [0.1, 0.15) is 39.5 Å². The van der Waals surface area contributed by atoms with Gasteiger partial charge in [0, 0.05) is 12.1 Å². The molecule has 0 spiro atoms. The van der Waals surface area contributed by atoms with Gasteiger partial charge in [0.15, 0.2) is 11.5 Å². The standard InChI is InChI=1S/C34H32N2O4/c1-3-39-29-17-13-25(14-18-29)19-20-35-33(37)28-15-11-26(12-16-28)22-32-34(38)36(23-27-8-6-7-24(2)21-27)30-9-4-5-10-31(30)40-32/h4-18,21-22H,3,19-20,23H2,1-2H3,(H,35,37). The molecule has 6 heteroatoms. The Morgan fingerprint density at radius 1 is 0.925 bits per heavy atom. The van der Waals surface area contributed by atoms with Gasteiger partial charge in [-0.05, 0) is 79.4 Å². The highest BCUT2D eigenvalue weighted by Gasteiger charge is 2.30. The van der Waals surface area contributed by atoms with Crippen molar-refractivity contribution >= 4 is 23.6 Å². The van der Waals surface area contributed by atoms with Crippen LogP contribution in [-0.4, -0.2) is 25.0 Å². The third-order valence-corrected chi connectivity index (χ3v) is 6.66. The van der Waals surface area contributed by atoms with Gasteiger partial charge in [0.2, 0.25) is 0 Å². The molecule has 1 aliphatic heterocycles. The van der Waals surface area contributed by atoms with Crippen molar-refractivity contribution in [3.63, 3.8) is 0 Å². The van der Waals surface area contributed by atoms with Crippen LogP contribution in [0.15, 0.2) is 103 Å². The third-order valence-electron chi connectivity index (χ3n) is 6.66. The number of carbonyl (C=O) groups is 2. The van der Waals surface area contributed by atoms with Crippen LogP contribution in [0.2, 0.25) is 0 Å². The smallest absolute Gasteiger partial charge is 0.294 e. The number of hydrogen-bond donors (Lipinski definition) is 1. The van der Waals surface area contributed by atoms with Crippen molar-refractivity contribution in [2.75, 3.05) is 18.1 Å². The fourth-order valence-corrected chi connectivity index (χ4v) is 4.64. The van der Waals surface area contributed by atoms with Gasteiger partial charge in [-0.25, -0.2) is 0 Å². The summed E-state index contributed by atoms with van der Waals surface area (Å²) in [5.74, 6) is 1.35. The second kappa shape index (κ2) is 12.3. The van der Waals surface area contributed by atoms with E-state index in [4.69, 9.17) is 9.47 Å². The van der Waals surface area contributed by atoms with Crippen molar-refractivity contribution in [2.45, 2.75) is 26.8 Å². The fourth-order valence-electron chi connectivity index (χ4n) is 4.64. The highest BCUT2D eigenvalue weighted by atomic mass is 16.5. The molecule has 0 aliphatic carbocycles. The van der Waals surface area contributed by atoms with Crippen molar-refractivity contribution in [1.29, 1.82) is 0 Å². The second-order valence-corrected chi connectivity index (χ2v) is 9.66. The summed E-state index contributed by atoms with van der Waals surface area (Å²) < 4.78 is 11.5. The fraction of sp³-hybridized carbons (Fsp3) is 0.176. The van der Waals surface area contributed by atoms with Crippen LogP contribution in [0.5, 0.6) is 11.5 Å². The molecule has 0 bridgehead atoms. The molecule has 5 rings (SSSR count). The average molecular weight is 533 g/mol. The number of anilines is 1. The SMILES string of the molecule is CCOc1ccc(CCNC(=O)c2ccc(C=C3Oc4ccccc4N(Cc4cccc(C)c4)C3=O)cc2)cc1. The number of nitrogens with one attached hydrogen (secondary N) is 1. The van der Waals surface area contributed by atoms with Gasteiger partial charge in [-0.1, -0.05) is 66.2 Å². The first-order chi connectivity index (χ1) is 19.5. The number of amides is 2. The Hall–Kier alpha value is -4.84. The lowest BCUT2D eigenvalue weighted by atomic mass is 10.1. The van der Waals surface area contributed by atoms with Crippen LogP contribution in [0.4, 0.5) is 5.69 Å². The second-order valence-electron chi connectivity index (χ2n) is 9.66. The summed E-state index contributed by atoms with van der Waals surface area (Å²) in [5.41, 5.74) is 5.37. The van der Waals surface area contributed by atoms with E-state index >= 15 is 0 Å². The van der Waals surface area contributed by atoms with E-state index in [9.17, 15) is 9.59 Å². The van der Waals surface area contributed by atoms with Gasteiger partial charge in [-0.15, -0.1) is 0 Å². The quantitative estimate of drug-likeness (QED) is 0.256. The predicted molar refractivity (Wildman–Crippen MR) is 158 cm³/mol. The number of fused-ring (bicyclic) bond motifs is 1. The van der Waals surface area contributed by atoms with Gasteiger partial charge in [0.25, 0.3) is 11.8 Å². The maximum absolute atomic E-state index is 13.5. The van der Waals surface area contributed by atoms with E-state index in [-0.39, 0.29) is 17.6 Å². The first-order valence-electron chi connectivity index (χ1n) is 13.5. The van der Waals surface area contributed by atoms with Gasteiger partial charge in [0.05, 0.1) is 18.8 Å². The summed E-state index contributed by atoms with van der Waals surface area (Å²) in [7, 11) is 0. The van der Waals surface area contributed by atoms with Gasteiger partial charge in [-0.2, -0.15) is 0 Å². The number of rotatable bonds is 9.